The normalized spacial score (nSPS) is 16.1. The van der Waals surface area contributed by atoms with E-state index in [1.807, 2.05) is 0 Å². The molecule has 0 radical (unpaired) electrons. The summed E-state index contributed by atoms with van der Waals surface area (Å²) in [6.45, 7) is 7.11. The summed E-state index contributed by atoms with van der Waals surface area (Å²) < 4.78 is 11.7. The van der Waals surface area contributed by atoms with Gasteiger partial charge in [0.25, 0.3) is 0 Å². The first-order valence-corrected chi connectivity index (χ1v) is 11.0. The lowest BCUT2D eigenvalue weighted by Crippen LogP contribution is -2.38. The molecule has 1 aromatic heterocycles. The monoisotopic (exact) mass is 548 g/mol. The molecule has 2 aromatic carbocycles. The first kappa shape index (κ1) is 24.4. The zero-order chi connectivity index (χ0) is 21.6. The van der Waals surface area contributed by atoms with Gasteiger partial charge in [-0.15, -0.1) is 24.0 Å². The molecule has 7 heteroatoms. The Morgan fingerprint density at radius 2 is 2.06 bits per heavy atom. The fraction of sp³-hybridized carbons (Fsp3) is 0.400. The Morgan fingerprint density at radius 1 is 1.19 bits per heavy atom. The average Bonchev–Trinajstić information content (AvgIpc) is 3.42. The number of guanidine groups is 1. The van der Waals surface area contributed by atoms with Crippen molar-refractivity contribution in [1.29, 1.82) is 0 Å². The van der Waals surface area contributed by atoms with Gasteiger partial charge in [-0.2, -0.15) is 0 Å². The predicted octanol–water partition coefficient (Wildman–Crippen LogP) is 4.48. The Bertz CT molecular complexity index is 1060. The molecule has 0 spiro atoms. The average molecular weight is 548 g/mol. The van der Waals surface area contributed by atoms with Gasteiger partial charge in [0.2, 0.25) is 0 Å². The molecule has 4 rings (SSSR count). The van der Waals surface area contributed by atoms with Gasteiger partial charge < -0.3 is 25.1 Å². The van der Waals surface area contributed by atoms with Gasteiger partial charge in [0, 0.05) is 49.2 Å². The van der Waals surface area contributed by atoms with Crippen LogP contribution in [0.4, 0.5) is 0 Å². The van der Waals surface area contributed by atoms with Crippen molar-refractivity contribution in [3.63, 3.8) is 0 Å². The molecule has 1 aliphatic heterocycles. The van der Waals surface area contributed by atoms with Crippen molar-refractivity contribution in [2.24, 2.45) is 4.99 Å². The van der Waals surface area contributed by atoms with E-state index in [-0.39, 0.29) is 30.1 Å². The molecule has 2 heterocycles. The minimum atomic E-state index is 0. The number of H-pyrrole nitrogens is 1. The third-order valence-corrected chi connectivity index (χ3v) is 5.77. The summed E-state index contributed by atoms with van der Waals surface area (Å²) >= 11 is 0. The summed E-state index contributed by atoms with van der Waals surface area (Å²) in [5.41, 5.74) is 6.12. The Kier molecular flexibility index (Phi) is 8.81. The lowest BCUT2D eigenvalue weighted by molar-refractivity contribution is 0.140. The van der Waals surface area contributed by atoms with Crippen molar-refractivity contribution in [2.45, 2.75) is 39.3 Å². The van der Waals surface area contributed by atoms with Gasteiger partial charge in [-0.05, 0) is 43.0 Å². The molecule has 0 aliphatic carbocycles. The summed E-state index contributed by atoms with van der Waals surface area (Å²) in [5.74, 6) is 1.71. The van der Waals surface area contributed by atoms with E-state index < -0.39 is 0 Å². The largest absolute Gasteiger partial charge is 0.488 e. The number of para-hydroxylation sites is 1. The number of halogens is 1. The maximum Gasteiger partial charge on any atom is 0.191 e. The lowest BCUT2D eigenvalue weighted by atomic mass is 10.1. The van der Waals surface area contributed by atoms with Gasteiger partial charge in [-0.25, -0.2) is 0 Å². The number of aromatic amines is 1. The summed E-state index contributed by atoms with van der Waals surface area (Å²) in [7, 11) is 1.80. The third-order valence-electron chi connectivity index (χ3n) is 5.77. The predicted molar refractivity (Wildman–Crippen MR) is 141 cm³/mol. The highest BCUT2D eigenvalue weighted by Crippen LogP contribution is 2.24. The number of hydrogen-bond donors (Lipinski definition) is 3. The van der Waals surface area contributed by atoms with E-state index in [4.69, 9.17) is 9.47 Å². The molecule has 0 saturated carbocycles. The molecular formula is C25H33IN4O2. The minimum absolute atomic E-state index is 0. The summed E-state index contributed by atoms with van der Waals surface area (Å²) in [4.78, 5) is 7.77. The van der Waals surface area contributed by atoms with E-state index >= 15 is 0 Å². The van der Waals surface area contributed by atoms with E-state index in [9.17, 15) is 0 Å². The van der Waals surface area contributed by atoms with Crippen molar-refractivity contribution in [3.8, 4) is 5.75 Å². The van der Waals surface area contributed by atoms with E-state index in [0.717, 1.165) is 43.3 Å². The minimum Gasteiger partial charge on any atom is -0.488 e. The number of hydrogen-bond acceptors (Lipinski definition) is 3. The second-order valence-electron chi connectivity index (χ2n) is 8.13. The fourth-order valence-corrected chi connectivity index (χ4v) is 3.99. The highest BCUT2D eigenvalue weighted by atomic mass is 127. The first-order chi connectivity index (χ1) is 15.1. The van der Waals surface area contributed by atoms with Crippen LogP contribution in [-0.4, -0.2) is 43.9 Å². The molecule has 0 bridgehead atoms. The number of nitrogens with zero attached hydrogens (tertiary/aromatic N) is 1. The number of aliphatic imine (C=N–C) groups is 1. The van der Waals surface area contributed by atoms with Gasteiger partial charge in [0.1, 0.15) is 11.9 Å². The number of fused-ring (bicyclic) bond motifs is 1. The molecule has 0 amide bonds. The molecule has 1 unspecified atom stereocenters. The third kappa shape index (κ3) is 5.95. The summed E-state index contributed by atoms with van der Waals surface area (Å²) in [6.07, 6.45) is 4.11. The zero-order valence-corrected chi connectivity index (χ0v) is 21.4. The molecule has 1 atom stereocenters. The molecule has 1 saturated heterocycles. The number of aromatic nitrogens is 1. The van der Waals surface area contributed by atoms with E-state index in [0.29, 0.717) is 13.2 Å². The smallest absolute Gasteiger partial charge is 0.191 e. The lowest BCUT2D eigenvalue weighted by Gasteiger charge is -2.18. The van der Waals surface area contributed by atoms with Crippen molar-refractivity contribution in [1.82, 2.24) is 15.6 Å². The SMILES string of the molecule is CN=C(NCCc1c[nH]c2c(C)cccc12)NCc1ccc(C)cc1OC1CCOC1.I. The maximum absolute atomic E-state index is 6.21. The number of nitrogens with one attached hydrogen (secondary N) is 3. The second-order valence-corrected chi connectivity index (χ2v) is 8.13. The van der Waals surface area contributed by atoms with Gasteiger partial charge >= 0.3 is 0 Å². The second kappa shape index (κ2) is 11.6. The number of aryl methyl sites for hydroxylation is 2. The van der Waals surface area contributed by atoms with Crippen molar-refractivity contribution in [3.05, 3.63) is 64.8 Å². The fourth-order valence-electron chi connectivity index (χ4n) is 3.99. The van der Waals surface area contributed by atoms with Crippen LogP contribution in [-0.2, 0) is 17.7 Å². The van der Waals surface area contributed by atoms with Crippen molar-refractivity contribution < 1.29 is 9.47 Å². The van der Waals surface area contributed by atoms with Crippen LogP contribution in [0.3, 0.4) is 0 Å². The molecular weight excluding hydrogens is 515 g/mol. The van der Waals surface area contributed by atoms with Crippen LogP contribution >= 0.6 is 24.0 Å². The van der Waals surface area contributed by atoms with Gasteiger partial charge in [-0.1, -0.05) is 30.3 Å². The van der Waals surface area contributed by atoms with Gasteiger partial charge in [-0.3, -0.25) is 4.99 Å². The van der Waals surface area contributed by atoms with Crippen LogP contribution in [0.5, 0.6) is 5.75 Å². The van der Waals surface area contributed by atoms with Crippen molar-refractivity contribution >= 4 is 40.8 Å². The quantitative estimate of drug-likeness (QED) is 0.232. The van der Waals surface area contributed by atoms with Crippen LogP contribution < -0.4 is 15.4 Å². The van der Waals surface area contributed by atoms with E-state index in [2.05, 4.69) is 77.1 Å². The number of benzene rings is 2. The van der Waals surface area contributed by atoms with Crippen LogP contribution in [0.2, 0.25) is 0 Å². The van der Waals surface area contributed by atoms with Crippen LogP contribution in [0.15, 0.2) is 47.6 Å². The van der Waals surface area contributed by atoms with Crippen LogP contribution in [0.1, 0.15) is 28.7 Å². The highest BCUT2D eigenvalue weighted by Gasteiger charge is 2.18. The Hall–Kier alpha value is -2.26. The molecule has 6 nitrogen and oxygen atoms in total. The van der Waals surface area contributed by atoms with Gasteiger partial charge in [0.05, 0.1) is 13.2 Å². The maximum atomic E-state index is 6.21. The van der Waals surface area contributed by atoms with E-state index in [1.165, 1.54) is 27.6 Å². The summed E-state index contributed by atoms with van der Waals surface area (Å²) in [6, 6.07) is 12.8. The summed E-state index contributed by atoms with van der Waals surface area (Å²) in [5, 5.41) is 8.14. The highest BCUT2D eigenvalue weighted by molar-refractivity contribution is 14.0. The number of rotatable bonds is 7. The number of ether oxygens (including phenoxy) is 2. The Morgan fingerprint density at radius 3 is 2.84 bits per heavy atom. The first-order valence-electron chi connectivity index (χ1n) is 11.0. The van der Waals surface area contributed by atoms with Gasteiger partial charge in [0.15, 0.2) is 5.96 Å². The van der Waals surface area contributed by atoms with Crippen LogP contribution in [0, 0.1) is 13.8 Å². The standard InChI is InChI=1S/C25H32N4O2.HI/c1-17-7-8-20(23(13-17)31-21-10-12-30-16-21)15-29-25(26-3)27-11-9-19-14-28-24-18(2)5-4-6-22(19)24;/h4-8,13-14,21,28H,9-12,15-16H2,1-3H3,(H2,26,27,29);1H. The van der Waals surface area contributed by atoms with Crippen molar-refractivity contribution in [2.75, 3.05) is 26.8 Å². The Labute approximate surface area is 207 Å². The molecule has 3 aromatic rings. The Balaban J connectivity index is 0.00000289. The van der Waals surface area contributed by atoms with Crippen LogP contribution in [0.25, 0.3) is 10.9 Å². The molecule has 3 N–H and O–H groups in total. The topological polar surface area (TPSA) is 70.7 Å². The molecule has 1 aliphatic rings. The zero-order valence-electron chi connectivity index (χ0n) is 19.0. The van der Waals surface area contributed by atoms with E-state index in [1.54, 1.807) is 7.05 Å². The molecule has 1 fully saturated rings. The molecule has 172 valence electrons. The molecule has 32 heavy (non-hydrogen) atoms.